The zero-order chi connectivity index (χ0) is 12.7. The Morgan fingerprint density at radius 1 is 1.24 bits per heavy atom. The zero-order valence-electron chi connectivity index (χ0n) is 9.33. The van der Waals surface area contributed by atoms with E-state index in [0.717, 1.165) is 4.90 Å². The van der Waals surface area contributed by atoms with Crippen LogP contribution in [-0.4, -0.2) is 31.2 Å². The summed E-state index contributed by atoms with van der Waals surface area (Å²) in [5.41, 5.74) is 0. The predicted octanol–water partition coefficient (Wildman–Crippen LogP) is 0.780. The molecule has 0 saturated heterocycles. The van der Waals surface area contributed by atoms with Gasteiger partial charge in [-0.2, -0.15) is 0 Å². The van der Waals surface area contributed by atoms with Crippen LogP contribution in [0.1, 0.15) is 0 Å². The Morgan fingerprint density at radius 3 is 2.47 bits per heavy atom. The highest BCUT2D eigenvalue weighted by Crippen LogP contribution is 2.17. The number of hydrogen-bond donors (Lipinski definition) is 2. The fourth-order valence-electron chi connectivity index (χ4n) is 0.998. The van der Waals surface area contributed by atoms with Crippen molar-refractivity contribution in [1.82, 2.24) is 10.6 Å². The second-order valence-corrected chi connectivity index (χ2v) is 4.24. The molecule has 0 aliphatic heterocycles. The molecule has 0 bridgehead atoms. The predicted molar refractivity (Wildman–Crippen MR) is 64.2 cm³/mol. The van der Waals surface area contributed by atoms with E-state index in [1.807, 2.05) is 0 Å². The number of benzene rings is 1. The topological polar surface area (TPSA) is 58.2 Å². The van der Waals surface area contributed by atoms with Crippen LogP contribution in [0, 0.1) is 5.82 Å². The minimum absolute atomic E-state index is 0.0285. The molecule has 4 nitrogen and oxygen atoms in total. The first-order valence-electron chi connectivity index (χ1n) is 4.97. The van der Waals surface area contributed by atoms with E-state index in [9.17, 15) is 14.0 Å². The van der Waals surface area contributed by atoms with Crippen LogP contribution in [0.5, 0.6) is 0 Å². The van der Waals surface area contributed by atoms with Gasteiger partial charge < -0.3 is 10.6 Å². The van der Waals surface area contributed by atoms with Gasteiger partial charge in [-0.05, 0) is 24.3 Å². The molecule has 0 atom stereocenters. The minimum atomic E-state index is -0.307. The molecule has 17 heavy (non-hydrogen) atoms. The van der Waals surface area contributed by atoms with Crippen molar-refractivity contribution in [2.75, 3.05) is 19.3 Å². The zero-order valence-corrected chi connectivity index (χ0v) is 10.1. The third-order valence-electron chi connectivity index (χ3n) is 1.91. The van der Waals surface area contributed by atoms with Crippen molar-refractivity contribution in [3.8, 4) is 0 Å². The van der Waals surface area contributed by atoms with Gasteiger partial charge in [-0.25, -0.2) is 4.39 Å². The molecule has 2 N–H and O–H groups in total. The Bertz CT molecular complexity index is 395. The Labute approximate surface area is 103 Å². The van der Waals surface area contributed by atoms with Gasteiger partial charge in [-0.15, -0.1) is 11.8 Å². The molecular weight excluding hydrogens is 243 g/mol. The van der Waals surface area contributed by atoms with Crippen LogP contribution in [0.15, 0.2) is 29.2 Å². The van der Waals surface area contributed by atoms with E-state index < -0.39 is 0 Å². The molecule has 0 aromatic heterocycles. The summed E-state index contributed by atoms with van der Waals surface area (Å²) < 4.78 is 12.6. The van der Waals surface area contributed by atoms with E-state index in [2.05, 4.69) is 10.6 Å². The third kappa shape index (κ3) is 5.35. The highest BCUT2D eigenvalue weighted by molar-refractivity contribution is 8.00. The molecule has 1 aromatic rings. The van der Waals surface area contributed by atoms with E-state index in [4.69, 9.17) is 0 Å². The smallest absolute Gasteiger partial charge is 0.239 e. The molecule has 0 fully saturated rings. The van der Waals surface area contributed by atoms with Crippen molar-refractivity contribution in [3.63, 3.8) is 0 Å². The van der Waals surface area contributed by atoms with Crippen LogP contribution in [0.3, 0.4) is 0 Å². The van der Waals surface area contributed by atoms with Crippen molar-refractivity contribution in [2.45, 2.75) is 4.90 Å². The summed E-state index contributed by atoms with van der Waals surface area (Å²) in [5.74, 6) is -0.589. The molecule has 1 aromatic carbocycles. The second kappa shape index (κ2) is 6.90. The first-order valence-corrected chi connectivity index (χ1v) is 5.96. The highest BCUT2D eigenvalue weighted by Gasteiger charge is 2.04. The van der Waals surface area contributed by atoms with Crippen molar-refractivity contribution in [2.24, 2.45) is 0 Å². The van der Waals surface area contributed by atoms with E-state index in [1.54, 1.807) is 12.1 Å². The number of carbonyl (C=O) groups excluding carboxylic acids is 2. The van der Waals surface area contributed by atoms with E-state index in [0.29, 0.717) is 0 Å². The number of rotatable bonds is 5. The molecule has 92 valence electrons. The molecule has 0 heterocycles. The number of likely N-dealkylation sites (N-methyl/N-ethyl adjacent to an activating group) is 1. The van der Waals surface area contributed by atoms with Gasteiger partial charge in [0.05, 0.1) is 12.3 Å². The van der Waals surface area contributed by atoms with Crippen molar-refractivity contribution in [1.29, 1.82) is 0 Å². The maximum Gasteiger partial charge on any atom is 0.239 e. The van der Waals surface area contributed by atoms with E-state index in [-0.39, 0.29) is 29.9 Å². The van der Waals surface area contributed by atoms with E-state index in [1.165, 1.54) is 30.9 Å². The quantitative estimate of drug-likeness (QED) is 0.765. The number of halogens is 1. The summed E-state index contributed by atoms with van der Waals surface area (Å²) in [6.07, 6.45) is 0. The summed E-state index contributed by atoms with van der Waals surface area (Å²) >= 11 is 1.29. The van der Waals surface area contributed by atoms with Crippen LogP contribution >= 0.6 is 11.8 Å². The molecular formula is C11H13FN2O2S. The number of thioether (sulfide) groups is 1. The maximum atomic E-state index is 12.6. The fourth-order valence-corrected chi connectivity index (χ4v) is 1.73. The van der Waals surface area contributed by atoms with Crippen LogP contribution < -0.4 is 10.6 Å². The molecule has 0 unspecified atom stereocenters. The standard InChI is InChI=1S/C11H13FN2O2S/c1-13-10(15)6-14-11(16)7-17-9-4-2-8(12)3-5-9/h2-5H,6-7H2,1H3,(H,13,15)(H,14,16). The van der Waals surface area contributed by atoms with Crippen molar-refractivity contribution in [3.05, 3.63) is 30.1 Å². The summed E-state index contributed by atoms with van der Waals surface area (Å²) in [7, 11) is 1.50. The number of hydrogen-bond acceptors (Lipinski definition) is 3. The van der Waals surface area contributed by atoms with Gasteiger partial charge in [0.15, 0.2) is 0 Å². The number of amides is 2. The summed E-state index contributed by atoms with van der Waals surface area (Å²) in [4.78, 5) is 23.0. The van der Waals surface area contributed by atoms with Gasteiger partial charge in [-0.1, -0.05) is 0 Å². The van der Waals surface area contributed by atoms with Gasteiger partial charge in [0.25, 0.3) is 0 Å². The minimum Gasteiger partial charge on any atom is -0.358 e. The van der Waals surface area contributed by atoms with Crippen molar-refractivity contribution >= 4 is 23.6 Å². The lowest BCUT2D eigenvalue weighted by Gasteiger charge is -2.04. The van der Waals surface area contributed by atoms with E-state index >= 15 is 0 Å². The molecule has 2 amide bonds. The third-order valence-corrected chi connectivity index (χ3v) is 2.92. The Kier molecular flexibility index (Phi) is 5.48. The van der Waals surface area contributed by atoms with Crippen LogP contribution in [-0.2, 0) is 9.59 Å². The van der Waals surface area contributed by atoms with Crippen LogP contribution in [0.2, 0.25) is 0 Å². The number of carbonyl (C=O) groups is 2. The van der Waals surface area contributed by atoms with Gasteiger partial charge in [0.2, 0.25) is 11.8 Å². The lowest BCUT2D eigenvalue weighted by molar-refractivity contribution is -0.124. The Morgan fingerprint density at radius 2 is 1.88 bits per heavy atom. The van der Waals surface area contributed by atoms with Gasteiger partial charge in [-0.3, -0.25) is 9.59 Å². The first kappa shape index (κ1) is 13.5. The average molecular weight is 256 g/mol. The fraction of sp³-hybridized carbons (Fsp3) is 0.273. The van der Waals surface area contributed by atoms with Crippen LogP contribution in [0.4, 0.5) is 4.39 Å². The molecule has 0 aliphatic carbocycles. The molecule has 0 saturated carbocycles. The van der Waals surface area contributed by atoms with Gasteiger partial charge in [0.1, 0.15) is 5.82 Å². The summed E-state index contributed by atoms with van der Waals surface area (Å²) in [6, 6.07) is 5.88. The average Bonchev–Trinajstić information content (AvgIpc) is 2.35. The lowest BCUT2D eigenvalue weighted by Crippen LogP contribution is -2.35. The van der Waals surface area contributed by atoms with Crippen LogP contribution in [0.25, 0.3) is 0 Å². The molecule has 0 radical (unpaired) electrons. The van der Waals surface area contributed by atoms with Gasteiger partial charge >= 0.3 is 0 Å². The largest absolute Gasteiger partial charge is 0.358 e. The molecule has 0 spiro atoms. The molecule has 1 rings (SSSR count). The number of nitrogens with one attached hydrogen (secondary N) is 2. The SMILES string of the molecule is CNC(=O)CNC(=O)CSc1ccc(F)cc1. The highest BCUT2D eigenvalue weighted by atomic mass is 32.2. The lowest BCUT2D eigenvalue weighted by atomic mass is 10.4. The Balaban J connectivity index is 2.28. The molecule has 6 heteroatoms. The summed E-state index contributed by atoms with van der Waals surface area (Å²) in [6.45, 7) is -0.0285. The Hall–Kier alpha value is -1.56. The second-order valence-electron chi connectivity index (χ2n) is 3.19. The normalized spacial score (nSPS) is 9.76. The molecule has 0 aliphatic rings. The monoisotopic (exact) mass is 256 g/mol. The van der Waals surface area contributed by atoms with Crippen molar-refractivity contribution < 1.29 is 14.0 Å². The maximum absolute atomic E-state index is 12.6. The summed E-state index contributed by atoms with van der Waals surface area (Å²) in [5, 5.41) is 4.87. The van der Waals surface area contributed by atoms with Gasteiger partial charge in [0, 0.05) is 11.9 Å². The first-order chi connectivity index (χ1) is 8.11.